The number of amides is 3. The predicted molar refractivity (Wildman–Crippen MR) is 141 cm³/mol. The van der Waals surface area contributed by atoms with Crippen LogP contribution in [0.4, 0.5) is 0 Å². The Morgan fingerprint density at radius 3 is 2.19 bits per heavy atom. The van der Waals surface area contributed by atoms with Gasteiger partial charge in [-0.3, -0.25) is 14.4 Å². The lowest BCUT2D eigenvalue weighted by atomic mass is 10.0. The maximum Gasteiger partial charge on any atom is 0.326 e. The molecule has 1 heterocycles. The Kier molecular flexibility index (Phi) is 12.6. The monoisotopic (exact) mass is 533 g/mol. The van der Waals surface area contributed by atoms with E-state index in [4.69, 9.17) is 11.5 Å². The molecule has 0 fully saturated rings. The van der Waals surface area contributed by atoms with Crippen LogP contribution in [0.2, 0.25) is 0 Å². The minimum atomic E-state index is -1.25. The molecule has 3 amide bonds. The third kappa shape index (κ3) is 10.2. The Balaban J connectivity index is 2.02. The number of imidazole rings is 1. The van der Waals surface area contributed by atoms with Gasteiger partial charge in [-0.1, -0.05) is 30.3 Å². The minimum absolute atomic E-state index is 0.0224. The number of hydrogen-bond donors (Lipinski definition) is 8. The van der Waals surface area contributed by atoms with Gasteiger partial charge in [-0.25, -0.2) is 9.78 Å². The van der Waals surface area contributed by atoms with E-state index in [0.717, 1.165) is 5.56 Å². The molecule has 0 aliphatic carbocycles. The van der Waals surface area contributed by atoms with E-state index in [0.29, 0.717) is 31.5 Å². The number of hydrogen-bond acceptors (Lipinski definition) is 8. The van der Waals surface area contributed by atoms with Crippen LogP contribution in [0.25, 0.3) is 0 Å². The number of nitrogens with zero attached hydrogens (tertiary/aromatic N) is 1. The minimum Gasteiger partial charge on any atom is -0.480 e. The fourth-order valence-corrected chi connectivity index (χ4v) is 3.81. The lowest BCUT2D eigenvalue weighted by Gasteiger charge is -2.24. The molecule has 0 aliphatic rings. The van der Waals surface area contributed by atoms with E-state index in [1.54, 1.807) is 0 Å². The van der Waals surface area contributed by atoms with Crippen molar-refractivity contribution in [3.05, 3.63) is 54.1 Å². The molecular weight excluding hydrogens is 498 g/mol. The number of aliphatic carboxylic acids is 1. The zero-order chi connectivity index (χ0) is 27.2. The van der Waals surface area contributed by atoms with Crippen molar-refractivity contribution in [3.63, 3.8) is 0 Å². The number of H-pyrrole nitrogens is 1. The number of carbonyl (C=O) groups excluding carboxylic acids is 3. The number of rotatable bonds is 16. The highest BCUT2D eigenvalue weighted by atomic mass is 32.1. The van der Waals surface area contributed by atoms with Crippen LogP contribution >= 0.6 is 12.6 Å². The van der Waals surface area contributed by atoms with Gasteiger partial charge in [0.05, 0.1) is 12.4 Å². The highest BCUT2D eigenvalue weighted by molar-refractivity contribution is 7.80. The fraction of sp³-hybridized carbons (Fsp3) is 0.458. The highest BCUT2D eigenvalue weighted by Crippen LogP contribution is 2.06. The topological polar surface area (TPSA) is 205 Å². The van der Waals surface area contributed by atoms with E-state index in [1.165, 1.54) is 12.5 Å². The van der Waals surface area contributed by atoms with Gasteiger partial charge in [0.1, 0.15) is 18.1 Å². The van der Waals surface area contributed by atoms with E-state index in [9.17, 15) is 24.3 Å². The fourth-order valence-electron chi connectivity index (χ4n) is 3.56. The predicted octanol–water partition coefficient (Wildman–Crippen LogP) is -0.880. The third-order valence-corrected chi connectivity index (χ3v) is 5.99. The SMILES string of the molecule is NCCCCC(NC(=O)C(N)Cc1ccccc1)C(=O)NC(CS)C(=O)NC(Cc1cnc[nH]1)C(=O)O. The van der Waals surface area contributed by atoms with E-state index in [1.807, 2.05) is 30.3 Å². The number of carbonyl (C=O) groups is 4. The molecule has 4 unspecified atom stereocenters. The number of thiol groups is 1. The number of carboxylic acid groups (broad SMARTS) is 1. The summed E-state index contributed by atoms with van der Waals surface area (Å²) in [5, 5.41) is 17.2. The number of carboxylic acids is 1. The molecule has 1 aromatic heterocycles. The summed E-state index contributed by atoms with van der Waals surface area (Å²) >= 11 is 4.14. The maximum atomic E-state index is 13.1. The zero-order valence-electron chi connectivity index (χ0n) is 20.4. The standard InChI is InChI=1S/C24H35N7O5S/c25-9-5-4-8-18(29-21(32)17(26)10-15-6-2-1-3-7-15)22(33)31-20(13-37)23(34)30-19(24(35)36)11-16-12-27-14-28-16/h1-3,6-7,12,14,17-20,37H,4-5,8-11,13,25-26H2,(H,27,28)(H,29,32)(H,30,34)(H,31,33)(H,35,36). The average Bonchev–Trinajstić information content (AvgIpc) is 3.39. The Morgan fingerprint density at radius 1 is 0.946 bits per heavy atom. The van der Waals surface area contributed by atoms with Crippen molar-refractivity contribution in [2.24, 2.45) is 11.5 Å². The molecule has 202 valence electrons. The second-order valence-corrected chi connectivity index (χ2v) is 8.93. The van der Waals surface area contributed by atoms with Gasteiger partial charge in [0.2, 0.25) is 17.7 Å². The van der Waals surface area contributed by atoms with Crippen LogP contribution in [0, 0.1) is 0 Å². The summed E-state index contributed by atoms with van der Waals surface area (Å²) in [6.07, 6.45) is 4.61. The average molecular weight is 534 g/mol. The first kappa shape index (κ1) is 29.8. The molecule has 12 nitrogen and oxygen atoms in total. The number of benzene rings is 1. The second-order valence-electron chi connectivity index (χ2n) is 8.57. The van der Waals surface area contributed by atoms with Gasteiger partial charge in [-0.05, 0) is 37.8 Å². The molecule has 1 aromatic carbocycles. The number of nitrogens with two attached hydrogens (primary N) is 2. The van der Waals surface area contributed by atoms with Crippen LogP contribution < -0.4 is 27.4 Å². The molecule has 0 bridgehead atoms. The van der Waals surface area contributed by atoms with Crippen molar-refractivity contribution in [2.45, 2.75) is 56.3 Å². The van der Waals surface area contributed by atoms with Crippen LogP contribution in [0.1, 0.15) is 30.5 Å². The normalized spacial score (nSPS) is 14.1. The number of aromatic nitrogens is 2. The summed E-state index contributed by atoms with van der Waals surface area (Å²) in [7, 11) is 0. The van der Waals surface area contributed by atoms with Crippen molar-refractivity contribution >= 4 is 36.3 Å². The molecule has 2 aromatic rings. The van der Waals surface area contributed by atoms with Crippen molar-refractivity contribution < 1.29 is 24.3 Å². The van der Waals surface area contributed by atoms with Crippen LogP contribution in [0.15, 0.2) is 42.9 Å². The molecular formula is C24H35N7O5S. The van der Waals surface area contributed by atoms with Crippen molar-refractivity contribution in [3.8, 4) is 0 Å². The molecule has 0 spiro atoms. The van der Waals surface area contributed by atoms with Crippen LogP contribution in [0.3, 0.4) is 0 Å². The Bertz CT molecular complexity index is 1010. The molecule has 0 aliphatic heterocycles. The Morgan fingerprint density at radius 2 is 1.59 bits per heavy atom. The van der Waals surface area contributed by atoms with Gasteiger partial charge in [0, 0.05) is 24.1 Å². The number of aromatic amines is 1. The van der Waals surface area contributed by atoms with E-state index >= 15 is 0 Å². The molecule has 9 N–H and O–H groups in total. The first-order valence-corrected chi connectivity index (χ1v) is 12.6. The molecule has 0 saturated heterocycles. The van der Waals surface area contributed by atoms with Gasteiger partial charge in [0.25, 0.3) is 0 Å². The molecule has 13 heteroatoms. The molecule has 0 saturated carbocycles. The quantitative estimate of drug-likeness (QED) is 0.100. The molecule has 0 radical (unpaired) electrons. The number of nitrogens with one attached hydrogen (secondary N) is 4. The summed E-state index contributed by atoms with van der Waals surface area (Å²) < 4.78 is 0. The van der Waals surface area contributed by atoms with E-state index in [2.05, 4.69) is 38.5 Å². The maximum absolute atomic E-state index is 13.1. The van der Waals surface area contributed by atoms with Crippen LogP contribution in [-0.2, 0) is 32.0 Å². The first-order chi connectivity index (χ1) is 17.7. The van der Waals surface area contributed by atoms with Gasteiger partial charge in [0.15, 0.2) is 0 Å². The van der Waals surface area contributed by atoms with E-state index in [-0.39, 0.29) is 18.6 Å². The van der Waals surface area contributed by atoms with Gasteiger partial charge in [-0.15, -0.1) is 0 Å². The van der Waals surface area contributed by atoms with Gasteiger partial charge < -0.3 is 37.5 Å². The van der Waals surface area contributed by atoms with Crippen molar-refractivity contribution in [1.29, 1.82) is 0 Å². The van der Waals surface area contributed by atoms with E-state index < -0.39 is 47.9 Å². The Hall–Kier alpha value is -3.42. The molecule has 37 heavy (non-hydrogen) atoms. The van der Waals surface area contributed by atoms with Crippen molar-refractivity contribution in [1.82, 2.24) is 25.9 Å². The highest BCUT2D eigenvalue weighted by Gasteiger charge is 2.30. The van der Waals surface area contributed by atoms with Gasteiger partial charge in [-0.2, -0.15) is 12.6 Å². The second kappa shape index (κ2) is 15.6. The molecule has 4 atom stereocenters. The van der Waals surface area contributed by atoms with Crippen molar-refractivity contribution in [2.75, 3.05) is 12.3 Å². The summed E-state index contributed by atoms with van der Waals surface area (Å²) in [5.41, 5.74) is 13.0. The lowest BCUT2D eigenvalue weighted by Crippen LogP contribution is -2.58. The summed E-state index contributed by atoms with van der Waals surface area (Å²) in [6.45, 7) is 0.421. The summed E-state index contributed by atoms with van der Waals surface area (Å²) in [6, 6.07) is 5.03. The Labute approximate surface area is 220 Å². The lowest BCUT2D eigenvalue weighted by molar-refractivity contribution is -0.142. The van der Waals surface area contributed by atoms with Crippen LogP contribution in [-0.4, -0.2) is 75.2 Å². The summed E-state index contributed by atoms with van der Waals surface area (Å²) in [5.74, 6) is -3.17. The van der Waals surface area contributed by atoms with Gasteiger partial charge >= 0.3 is 5.97 Å². The smallest absolute Gasteiger partial charge is 0.326 e. The third-order valence-electron chi connectivity index (χ3n) is 5.62. The molecule has 2 rings (SSSR count). The number of unbranched alkanes of at least 4 members (excludes halogenated alkanes) is 1. The largest absolute Gasteiger partial charge is 0.480 e. The van der Waals surface area contributed by atoms with Crippen LogP contribution in [0.5, 0.6) is 0 Å². The first-order valence-electron chi connectivity index (χ1n) is 12.0. The summed E-state index contributed by atoms with van der Waals surface area (Å²) in [4.78, 5) is 56.8. The zero-order valence-corrected chi connectivity index (χ0v) is 21.3.